The fraction of sp³-hybridized carbons (Fsp3) is 0. The molecule has 1 aliphatic rings. The van der Waals surface area contributed by atoms with Gasteiger partial charge in [0.2, 0.25) is 0 Å². The predicted molar refractivity (Wildman–Crippen MR) is 337 cm³/mol. The molecule has 0 spiro atoms. The largest absolute Gasteiger partial charge is 0.0610 e. The van der Waals surface area contributed by atoms with Crippen LogP contribution in [0.4, 0.5) is 0 Å². The van der Waals surface area contributed by atoms with Crippen LogP contribution in [0.1, 0.15) is 55.6 Å². The fourth-order valence-electron chi connectivity index (χ4n) is 12.0. The van der Waals surface area contributed by atoms with Crippen molar-refractivity contribution >= 4 is 108 Å². The Balaban J connectivity index is 0.924. The van der Waals surface area contributed by atoms with Crippen molar-refractivity contribution < 1.29 is 0 Å². The molecule has 0 saturated carbocycles. The Morgan fingerprint density at radius 1 is 0.125 bits per heavy atom. The molecule has 0 unspecified atom stereocenters. The van der Waals surface area contributed by atoms with Crippen LogP contribution in [-0.2, 0) is 0 Å². The van der Waals surface area contributed by atoms with Crippen molar-refractivity contribution in [2.45, 2.75) is 0 Å². The number of rotatable bonds is 0. The fourth-order valence-corrected chi connectivity index (χ4v) is 12.0. The summed E-state index contributed by atoms with van der Waals surface area (Å²) in [7, 11) is 0. The van der Waals surface area contributed by atoms with E-state index in [1.54, 1.807) is 0 Å². The molecule has 0 heteroatoms. The Bertz CT molecular complexity index is 4500. The molecule has 0 fully saturated rings. The zero-order valence-electron chi connectivity index (χ0n) is 43.1. The highest BCUT2D eigenvalue weighted by atomic mass is 14.1. The molecule has 0 N–H and O–H groups in total. The van der Waals surface area contributed by atoms with Gasteiger partial charge in [-0.15, -0.1) is 0 Å². The minimum Gasteiger partial charge on any atom is -0.0610 e. The first-order valence-corrected chi connectivity index (χ1v) is 27.0. The van der Waals surface area contributed by atoms with Gasteiger partial charge in [0, 0.05) is 55.6 Å². The SMILES string of the molecule is C1#Cc2cccc3cc4cccc(c4cc23)C#Cc2cccc3cc4cccc(c4cc23)C#Cc2cccc3cc4cccc(c4cc23)C#Cc2cccc3cc4cccc(c4cc23)C#Cc2cccc3cc4cccc1c4cc23. The summed E-state index contributed by atoms with van der Waals surface area (Å²) < 4.78 is 0. The molecule has 0 radical (unpaired) electrons. The maximum absolute atomic E-state index is 3.63. The van der Waals surface area contributed by atoms with Gasteiger partial charge in [-0.1, -0.05) is 181 Å². The normalized spacial score (nSPS) is 11.8. The molecule has 1 aliphatic carbocycles. The van der Waals surface area contributed by atoms with E-state index in [9.17, 15) is 0 Å². The monoisotopic (exact) mass is 1000 g/mol. The molecule has 15 aromatic rings. The first kappa shape index (κ1) is 44.9. The average Bonchev–Trinajstić information content (AvgIpc) is 3.50. The predicted octanol–water partition coefficient (Wildman–Crippen LogP) is 18.5. The summed E-state index contributed by atoms with van der Waals surface area (Å²) in [6, 6.07) is 86.8. The molecule has 0 amide bonds. The smallest absolute Gasteiger partial charge is 0.0327 e. The van der Waals surface area contributed by atoms with Crippen LogP contribution < -0.4 is 0 Å². The van der Waals surface area contributed by atoms with Crippen LogP contribution in [0, 0.1) is 59.2 Å². The van der Waals surface area contributed by atoms with Crippen LogP contribution in [-0.4, -0.2) is 0 Å². The molecular formula is C80H40. The van der Waals surface area contributed by atoms with E-state index in [1.807, 2.05) is 0 Å². The number of benzene rings is 15. The van der Waals surface area contributed by atoms with Gasteiger partial charge in [-0.3, -0.25) is 0 Å². The van der Waals surface area contributed by atoms with Gasteiger partial charge >= 0.3 is 0 Å². The Labute approximate surface area is 462 Å². The maximum Gasteiger partial charge on any atom is 0.0327 e. The molecule has 10 bridgehead atoms. The van der Waals surface area contributed by atoms with Crippen LogP contribution in [0.2, 0.25) is 0 Å². The standard InChI is InChI=1S/C80H40/c1-11-51-31-32-52-12-3-23-63-42-64-24-5-15-55(74(64)47-73(52)63)35-36-56-16-6-27-67-44-68-28-9-19-59(78(68)49-77(56)67)39-40-60-20-10-30-70-45-69-29-8-18-58(79(69)50-80(60)70)38-37-57-17-7-26-66-43-65-25-4-14-54(75(65)48-76(57)66)34-33-53-13-2-22-62-41-61(21-1)71(51)46-72(53)62/h1-30,41-50H. The molecule has 360 valence electrons. The molecule has 0 saturated heterocycles. The van der Waals surface area contributed by atoms with E-state index in [2.05, 4.69) is 302 Å². The van der Waals surface area contributed by atoms with Gasteiger partial charge < -0.3 is 0 Å². The first-order chi connectivity index (χ1) is 39.6. The molecule has 0 nitrogen and oxygen atoms in total. The number of hydrogen-bond acceptors (Lipinski definition) is 0. The van der Waals surface area contributed by atoms with Crippen molar-refractivity contribution in [2.75, 3.05) is 0 Å². The lowest BCUT2D eigenvalue weighted by Crippen LogP contribution is -1.87. The van der Waals surface area contributed by atoms with E-state index in [1.165, 1.54) is 0 Å². The molecule has 15 aromatic carbocycles. The third-order valence-corrected chi connectivity index (χ3v) is 16.1. The zero-order valence-corrected chi connectivity index (χ0v) is 43.1. The summed E-state index contributed by atoms with van der Waals surface area (Å²) in [6.07, 6.45) is 0. The van der Waals surface area contributed by atoms with Gasteiger partial charge in [0.25, 0.3) is 0 Å². The van der Waals surface area contributed by atoms with E-state index in [-0.39, 0.29) is 0 Å². The van der Waals surface area contributed by atoms with E-state index in [0.29, 0.717) is 0 Å². The maximum atomic E-state index is 3.63. The van der Waals surface area contributed by atoms with E-state index >= 15 is 0 Å². The van der Waals surface area contributed by atoms with Crippen molar-refractivity contribution in [3.05, 3.63) is 298 Å². The summed E-state index contributed by atoms with van der Waals surface area (Å²) in [5, 5.41) is 22.3. The average molecular weight is 1000 g/mol. The van der Waals surface area contributed by atoms with Crippen molar-refractivity contribution in [3.63, 3.8) is 0 Å². The summed E-state index contributed by atoms with van der Waals surface area (Å²) in [5.41, 5.74) is 9.67. The third-order valence-electron chi connectivity index (χ3n) is 16.1. The first-order valence-electron chi connectivity index (χ1n) is 27.0. The lowest BCUT2D eigenvalue weighted by Gasteiger charge is -2.08. The second kappa shape index (κ2) is 18.2. The van der Waals surface area contributed by atoms with Gasteiger partial charge in [-0.25, -0.2) is 0 Å². The molecular weight excluding hydrogens is 961 g/mol. The summed E-state index contributed by atoms with van der Waals surface area (Å²) in [5.74, 6) is 36.3. The molecule has 0 aromatic heterocycles. The van der Waals surface area contributed by atoms with Crippen molar-refractivity contribution in [2.24, 2.45) is 0 Å². The second-order valence-electron chi connectivity index (χ2n) is 20.8. The Morgan fingerprint density at radius 3 is 0.350 bits per heavy atom. The summed E-state index contributed by atoms with van der Waals surface area (Å²) in [4.78, 5) is 0. The highest BCUT2D eigenvalue weighted by molar-refractivity contribution is 6.08. The lowest BCUT2D eigenvalue weighted by molar-refractivity contribution is 1.68. The molecule has 0 aliphatic heterocycles. The van der Waals surface area contributed by atoms with E-state index in [0.717, 1.165) is 163 Å². The van der Waals surface area contributed by atoms with Crippen LogP contribution in [0.5, 0.6) is 0 Å². The van der Waals surface area contributed by atoms with E-state index in [4.69, 9.17) is 0 Å². The minimum absolute atomic E-state index is 0.967. The highest BCUT2D eigenvalue weighted by Gasteiger charge is 2.12. The van der Waals surface area contributed by atoms with Crippen LogP contribution >= 0.6 is 0 Å². The number of hydrogen-bond donors (Lipinski definition) is 0. The highest BCUT2D eigenvalue weighted by Crippen LogP contribution is 2.34. The van der Waals surface area contributed by atoms with Crippen molar-refractivity contribution in [1.29, 1.82) is 0 Å². The van der Waals surface area contributed by atoms with Gasteiger partial charge in [-0.2, -0.15) is 0 Å². The zero-order chi connectivity index (χ0) is 52.7. The van der Waals surface area contributed by atoms with E-state index < -0.39 is 0 Å². The van der Waals surface area contributed by atoms with Crippen LogP contribution in [0.3, 0.4) is 0 Å². The third kappa shape index (κ3) is 7.67. The van der Waals surface area contributed by atoms with Gasteiger partial charge in [-0.05, 0) is 229 Å². The van der Waals surface area contributed by atoms with Crippen molar-refractivity contribution in [3.8, 4) is 59.2 Å². The lowest BCUT2D eigenvalue weighted by atomic mass is 9.95. The second-order valence-corrected chi connectivity index (χ2v) is 20.8. The van der Waals surface area contributed by atoms with Gasteiger partial charge in [0.1, 0.15) is 0 Å². The quantitative estimate of drug-likeness (QED) is 0.105. The Kier molecular flexibility index (Phi) is 10.2. The van der Waals surface area contributed by atoms with Gasteiger partial charge in [0.15, 0.2) is 0 Å². The topological polar surface area (TPSA) is 0 Å². The Morgan fingerprint density at radius 2 is 0.237 bits per heavy atom. The minimum atomic E-state index is 0.967. The van der Waals surface area contributed by atoms with Crippen LogP contribution in [0.25, 0.3) is 108 Å². The Hall–Kier alpha value is -11.3. The summed E-state index contributed by atoms with van der Waals surface area (Å²) in [6.45, 7) is 0. The molecule has 0 heterocycles. The molecule has 16 rings (SSSR count). The molecule has 0 atom stereocenters. The molecule has 80 heavy (non-hydrogen) atoms. The summed E-state index contributed by atoms with van der Waals surface area (Å²) >= 11 is 0. The van der Waals surface area contributed by atoms with Crippen LogP contribution in [0.15, 0.2) is 243 Å². The van der Waals surface area contributed by atoms with Gasteiger partial charge in [0.05, 0.1) is 0 Å². The van der Waals surface area contributed by atoms with Crippen molar-refractivity contribution in [1.82, 2.24) is 0 Å².